The van der Waals surface area contributed by atoms with Crippen LogP contribution in [0, 0.1) is 0 Å². The van der Waals surface area contributed by atoms with E-state index in [1.807, 2.05) is 6.92 Å². The fourth-order valence-electron chi connectivity index (χ4n) is 2.00. The van der Waals surface area contributed by atoms with Crippen molar-refractivity contribution in [3.63, 3.8) is 0 Å². The van der Waals surface area contributed by atoms with E-state index in [2.05, 4.69) is 10.1 Å². The van der Waals surface area contributed by atoms with Gasteiger partial charge in [0.05, 0.1) is 0 Å². The van der Waals surface area contributed by atoms with Crippen LogP contribution in [0.15, 0.2) is 18.2 Å². The molecule has 1 aromatic rings. The number of carbonyl (C=O) groups is 1. The minimum atomic E-state index is -2.87. The van der Waals surface area contributed by atoms with Crippen LogP contribution >= 0.6 is 0 Å². The van der Waals surface area contributed by atoms with Crippen molar-refractivity contribution in [3.05, 3.63) is 29.3 Å². The molecule has 0 spiro atoms. The molecule has 0 radical (unpaired) electrons. The van der Waals surface area contributed by atoms with Gasteiger partial charge in [0.1, 0.15) is 5.75 Å². The predicted octanol–water partition coefficient (Wildman–Crippen LogP) is 2.35. The first-order valence-electron chi connectivity index (χ1n) is 5.49. The highest BCUT2D eigenvalue weighted by Gasteiger charge is 2.26. The molecule has 1 atom stereocenters. The molecule has 0 saturated heterocycles. The van der Waals surface area contributed by atoms with Gasteiger partial charge in [-0.15, -0.1) is 0 Å². The highest BCUT2D eigenvalue weighted by atomic mass is 19.3. The Balaban J connectivity index is 2.38. The van der Waals surface area contributed by atoms with Crippen LogP contribution in [-0.4, -0.2) is 18.6 Å². The van der Waals surface area contributed by atoms with Gasteiger partial charge in [-0.2, -0.15) is 8.78 Å². The predicted molar refractivity (Wildman–Crippen MR) is 58.3 cm³/mol. The quantitative estimate of drug-likeness (QED) is 0.882. The lowest BCUT2D eigenvalue weighted by molar-refractivity contribution is -0.0506. The molecule has 1 aliphatic rings. The zero-order chi connectivity index (χ0) is 12.4. The van der Waals surface area contributed by atoms with Crippen molar-refractivity contribution in [1.82, 2.24) is 5.32 Å². The molecule has 1 amide bonds. The van der Waals surface area contributed by atoms with Gasteiger partial charge >= 0.3 is 6.61 Å². The Morgan fingerprint density at radius 1 is 1.53 bits per heavy atom. The van der Waals surface area contributed by atoms with E-state index < -0.39 is 6.61 Å². The average molecular weight is 241 g/mol. The first-order valence-corrected chi connectivity index (χ1v) is 5.49. The Morgan fingerprint density at radius 3 is 2.94 bits per heavy atom. The normalized spacial score (nSPS) is 18.8. The number of carbonyl (C=O) groups excluding carboxylic acids is 1. The van der Waals surface area contributed by atoms with Crippen molar-refractivity contribution >= 4 is 5.91 Å². The van der Waals surface area contributed by atoms with Crippen LogP contribution in [0.2, 0.25) is 0 Å². The molecular formula is C12H13F2NO2. The standard InChI is InChI=1S/C12H13F2NO2/c1-2-7-6-9-8(11(16)15-7)4-3-5-10(9)17-12(13)14/h3-5,7,12H,2,6H2,1H3,(H,15,16). The maximum Gasteiger partial charge on any atom is 0.387 e. The molecule has 0 fully saturated rings. The summed E-state index contributed by atoms with van der Waals surface area (Å²) in [4.78, 5) is 11.7. The van der Waals surface area contributed by atoms with Gasteiger partial charge in [-0.3, -0.25) is 4.79 Å². The van der Waals surface area contributed by atoms with Gasteiger partial charge in [0.2, 0.25) is 0 Å². The zero-order valence-corrected chi connectivity index (χ0v) is 9.37. The van der Waals surface area contributed by atoms with Crippen molar-refractivity contribution in [2.24, 2.45) is 0 Å². The van der Waals surface area contributed by atoms with Gasteiger partial charge in [0, 0.05) is 17.2 Å². The fourth-order valence-corrected chi connectivity index (χ4v) is 2.00. The second kappa shape index (κ2) is 4.69. The lowest BCUT2D eigenvalue weighted by Crippen LogP contribution is -2.41. The molecule has 17 heavy (non-hydrogen) atoms. The summed E-state index contributed by atoms with van der Waals surface area (Å²) in [6.45, 7) is -0.932. The van der Waals surface area contributed by atoms with Crippen LogP contribution in [0.3, 0.4) is 0 Å². The molecule has 1 aliphatic heterocycles. The van der Waals surface area contributed by atoms with Crippen molar-refractivity contribution in [2.75, 3.05) is 0 Å². The third kappa shape index (κ3) is 2.38. The van der Waals surface area contributed by atoms with E-state index in [4.69, 9.17) is 0 Å². The Kier molecular flexibility index (Phi) is 3.26. The number of benzene rings is 1. The molecule has 1 heterocycles. The lowest BCUT2D eigenvalue weighted by atomic mass is 9.93. The molecule has 0 saturated carbocycles. The average Bonchev–Trinajstić information content (AvgIpc) is 2.29. The minimum absolute atomic E-state index is 0.0163. The van der Waals surface area contributed by atoms with Crippen LogP contribution in [0.5, 0.6) is 5.75 Å². The number of fused-ring (bicyclic) bond motifs is 1. The number of hydrogen-bond donors (Lipinski definition) is 1. The van der Waals surface area contributed by atoms with Crippen molar-refractivity contribution in [2.45, 2.75) is 32.4 Å². The smallest absolute Gasteiger partial charge is 0.387 e. The molecule has 0 aromatic heterocycles. The molecule has 3 nitrogen and oxygen atoms in total. The van der Waals surface area contributed by atoms with Gasteiger partial charge in [-0.1, -0.05) is 13.0 Å². The summed E-state index contributed by atoms with van der Waals surface area (Å²) in [5.41, 5.74) is 0.997. The van der Waals surface area contributed by atoms with E-state index in [-0.39, 0.29) is 17.7 Å². The Bertz CT molecular complexity index is 435. The maximum atomic E-state index is 12.2. The number of hydrogen-bond acceptors (Lipinski definition) is 2. The molecule has 5 heteroatoms. The summed E-state index contributed by atoms with van der Waals surface area (Å²) < 4.78 is 28.9. The van der Waals surface area contributed by atoms with Crippen molar-refractivity contribution in [3.8, 4) is 5.75 Å². The maximum absolute atomic E-state index is 12.2. The van der Waals surface area contributed by atoms with E-state index >= 15 is 0 Å². The van der Waals surface area contributed by atoms with Gasteiger partial charge in [-0.05, 0) is 25.0 Å². The summed E-state index contributed by atoms with van der Waals surface area (Å²) in [5.74, 6) is -0.122. The number of nitrogens with one attached hydrogen (secondary N) is 1. The number of amides is 1. The van der Waals surface area contributed by atoms with E-state index in [0.717, 1.165) is 6.42 Å². The zero-order valence-electron chi connectivity index (χ0n) is 9.37. The molecule has 1 N–H and O–H groups in total. The summed E-state index contributed by atoms with van der Waals surface area (Å²) in [7, 11) is 0. The van der Waals surface area contributed by atoms with Crippen LogP contribution in [0.1, 0.15) is 29.3 Å². The Morgan fingerprint density at radius 2 is 2.29 bits per heavy atom. The molecule has 0 bridgehead atoms. The first kappa shape index (κ1) is 11.8. The number of halogens is 2. The molecule has 1 unspecified atom stereocenters. The number of alkyl halides is 2. The highest BCUT2D eigenvalue weighted by molar-refractivity contribution is 5.97. The molecule has 2 rings (SSSR count). The van der Waals surface area contributed by atoms with E-state index in [1.165, 1.54) is 6.07 Å². The van der Waals surface area contributed by atoms with Gasteiger partial charge < -0.3 is 10.1 Å². The van der Waals surface area contributed by atoms with Crippen molar-refractivity contribution in [1.29, 1.82) is 0 Å². The molecule has 1 aromatic carbocycles. The second-order valence-electron chi connectivity index (χ2n) is 3.94. The third-order valence-electron chi connectivity index (χ3n) is 2.87. The lowest BCUT2D eigenvalue weighted by Gasteiger charge is -2.26. The summed E-state index contributed by atoms with van der Waals surface area (Å²) >= 11 is 0. The first-order chi connectivity index (χ1) is 8.11. The monoisotopic (exact) mass is 241 g/mol. The third-order valence-corrected chi connectivity index (χ3v) is 2.87. The largest absolute Gasteiger partial charge is 0.435 e. The summed E-state index contributed by atoms with van der Waals surface area (Å²) in [5, 5.41) is 2.82. The van der Waals surface area contributed by atoms with E-state index in [1.54, 1.807) is 12.1 Å². The topological polar surface area (TPSA) is 38.3 Å². The minimum Gasteiger partial charge on any atom is -0.435 e. The Hall–Kier alpha value is -1.65. The van der Waals surface area contributed by atoms with Gasteiger partial charge in [0.15, 0.2) is 0 Å². The van der Waals surface area contributed by atoms with Crippen LogP contribution in [0.25, 0.3) is 0 Å². The van der Waals surface area contributed by atoms with Crippen LogP contribution in [-0.2, 0) is 6.42 Å². The SMILES string of the molecule is CCC1Cc2c(OC(F)F)cccc2C(=O)N1. The molecular weight excluding hydrogens is 228 g/mol. The summed E-state index contributed by atoms with van der Waals surface area (Å²) in [6.07, 6.45) is 1.29. The highest BCUT2D eigenvalue weighted by Crippen LogP contribution is 2.28. The van der Waals surface area contributed by atoms with E-state index in [0.29, 0.717) is 17.5 Å². The molecule has 92 valence electrons. The van der Waals surface area contributed by atoms with Crippen molar-refractivity contribution < 1.29 is 18.3 Å². The van der Waals surface area contributed by atoms with Crippen LogP contribution in [0.4, 0.5) is 8.78 Å². The van der Waals surface area contributed by atoms with E-state index in [9.17, 15) is 13.6 Å². The summed E-state index contributed by atoms with van der Waals surface area (Å²) in [6, 6.07) is 4.62. The number of rotatable bonds is 3. The second-order valence-corrected chi connectivity index (χ2v) is 3.94. The van der Waals surface area contributed by atoms with Gasteiger partial charge in [0.25, 0.3) is 5.91 Å². The number of ether oxygens (including phenoxy) is 1. The fraction of sp³-hybridized carbons (Fsp3) is 0.417. The Labute approximate surface area is 97.8 Å². The van der Waals surface area contributed by atoms with Crippen LogP contribution < -0.4 is 10.1 Å². The molecule has 0 aliphatic carbocycles. The van der Waals surface area contributed by atoms with Gasteiger partial charge in [-0.25, -0.2) is 0 Å².